The second kappa shape index (κ2) is 8.40. The summed E-state index contributed by atoms with van der Waals surface area (Å²) in [7, 11) is 0. The van der Waals surface area contributed by atoms with Gasteiger partial charge in [-0.05, 0) is 44.4 Å². The number of aryl methyl sites for hydroxylation is 2. The fourth-order valence-electron chi connectivity index (χ4n) is 3.01. The van der Waals surface area contributed by atoms with Crippen molar-refractivity contribution in [3.63, 3.8) is 0 Å². The molecule has 3 rings (SSSR count). The summed E-state index contributed by atoms with van der Waals surface area (Å²) in [6.45, 7) is 3.82. The molecule has 27 heavy (non-hydrogen) atoms. The molecule has 6 heteroatoms. The molecular weight excluding hydrogens is 340 g/mol. The summed E-state index contributed by atoms with van der Waals surface area (Å²) in [5, 5.41) is 5.81. The van der Waals surface area contributed by atoms with Crippen LogP contribution in [-0.2, 0) is 6.42 Å². The van der Waals surface area contributed by atoms with Crippen molar-refractivity contribution < 1.29 is 4.79 Å². The van der Waals surface area contributed by atoms with Crippen molar-refractivity contribution in [3.8, 4) is 5.69 Å². The zero-order valence-electron chi connectivity index (χ0n) is 15.5. The van der Waals surface area contributed by atoms with Crippen molar-refractivity contribution in [2.75, 3.05) is 5.32 Å². The van der Waals surface area contributed by atoms with Crippen LogP contribution in [0.2, 0.25) is 0 Å². The van der Waals surface area contributed by atoms with Gasteiger partial charge in [0.05, 0.1) is 11.4 Å². The number of benzene rings is 2. The quantitative estimate of drug-likeness (QED) is 0.625. The summed E-state index contributed by atoms with van der Waals surface area (Å²) in [5.41, 5.74) is 2.99. The minimum atomic E-state index is -0.288. The first kappa shape index (κ1) is 18.5. The molecule has 1 unspecified atom stereocenters. The third-order valence-electron chi connectivity index (χ3n) is 4.44. The van der Waals surface area contributed by atoms with Gasteiger partial charge in [0.25, 0.3) is 0 Å². The lowest BCUT2D eigenvalue weighted by molar-refractivity contribution is 0.248. The van der Waals surface area contributed by atoms with Crippen LogP contribution in [0.3, 0.4) is 0 Å². The van der Waals surface area contributed by atoms with E-state index in [1.807, 2.05) is 44.2 Å². The number of aromatic nitrogens is 2. The van der Waals surface area contributed by atoms with Crippen molar-refractivity contribution in [1.29, 1.82) is 0 Å². The van der Waals surface area contributed by atoms with E-state index in [0.717, 1.165) is 18.5 Å². The molecule has 1 atom stereocenters. The number of hydrogen-bond donors (Lipinski definition) is 3. The smallest absolute Gasteiger partial charge is 0.330 e. The maximum absolute atomic E-state index is 12.4. The van der Waals surface area contributed by atoms with Crippen LogP contribution >= 0.6 is 0 Å². The van der Waals surface area contributed by atoms with Crippen LogP contribution < -0.4 is 16.3 Å². The Kier molecular flexibility index (Phi) is 5.76. The molecule has 3 aromatic rings. The van der Waals surface area contributed by atoms with E-state index in [9.17, 15) is 9.59 Å². The minimum Gasteiger partial charge on any atom is -0.335 e. The summed E-state index contributed by atoms with van der Waals surface area (Å²) in [6, 6.07) is 17.2. The summed E-state index contributed by atoms with van der Waals surface area (Å²) in [4.78, 5) is 27.1. The van der Waals surface area contributed by atoms with Crippen molar-refractivity contribution in [3.05, 3.63) is 82.5 Å². The molecule has 0 aliphatic rings. The zero-order chi connectivity index (χ0) is 19.2. The topological polar surface area (TPSA) is 78.9 Å². The van der Waals surface area contributed by atoms with Crippen LogP contribution in [0.25, 0.3) is 5.69 Å². The van der Waals surface area contributed by atoms with Gasteiger partial charge in [-0.3, -0.25) is 4.57 Å². The third kappa shape index (κ3) is 4.67. The number of carbonyl (C=O) groups excluding carboxylic acids is 1. The highest BCUT2D eigenvalue weighted by atomic mass is 16.2. The molecular formula is C21H24N4O2. The van der Waals surface area contributed by atoms with Gasteiger partial charge in [-0.15, -0.1) is 0 Å². The van der Waals surface area contributed by atoms with E-state index in [0.29, 0.717) is 11.4 Å². The van der Waals surface area contributed by atoms with Crippen LogP contribution in [0.5, 0.6) is 0 Å². The number of rotatable bonds is 6. The number of para-hydroxylation sites is 2. The Morgan fingerprint density at radius 1 is 1.11 bits per heavy atom. The standard InChI is InChI=1S/C21H24N4O2/c1-15(12-13-17-8-4-3-5-9-17)23-20(26)24-18-10-6-7-11-19(18)25-16(2)14-22-21(25)27/h3-11,14-15H,12-13H2,1-2H3,(H,22,27)(H2,23,24,26). The van der Waals surface area contributed by atoms with Crippen LogP contribution in [0.1, 0.15) is 24.6 Å². The lowest BCUT2D eigenvalue weighted by Gasteiger charge is -2.16. The molecule has 6 nitrogen and oxygen atoms in total. The Bertz CT molecular complexity index is 960. The van der Waals surface area contributed by atoms with Crippen LogP contribution in [0, 0.1) is 6.92 Å². The van der Waals surface area contributed by atoms with Gasteiger partial charge in [-0.2, -0.15) is 0 Å². The molecule has 3 N–H and O–H groups in total. The van der Waals surface area contributed by atoms with Crippen molar-refractivity contribution in [2.24, 2.45) is 0 Å². The fourth-order valence-corrected chi connectivity index (χ4v) is 3.01. The van der Waals surface area contributed by atoms with E-state index in [2.05, 4.69) is 27.8 Å². The summed E-state index contributed by atoms with van der Waals surface area (Å²) in [6.07, 6.45) is 3.39. The molecule has 0 aliphatic heterocycles. The van der Waals surface area contributed by atoms with E-state index in [4.69, 9.17) is 0 Å². The third-order valence-corrected chi connectivity index (χ3v) is 4.44. The number of aromatic amines is 1. The highest BCUT2D eigenvalue weighted by Crippen LogP contribution is 2.19. The van der Waals surface area contributed by atoms with Gasteiger partial charge in [-0.25, -0.2) is 9.59 Å². The summed E-state index contributed by atoms with van der Waals surface area (Å²) >= 11 is 0. The highest BCUT2D eigenvalue weighted by molar-refractivity contribution is 5.91. The van der Waals surface area contributed by atoms with Crippen molar-refractivity contribution in [2.45, 2.75) is 32.7 Å². The van der Waals surface area contributed by atoms with E-state index < -0.39 is 0 Å². The maximum Gasteiger partial charge on any atom is 0.330 e. The molecule has 0 saturated heterocycles. The van der Waals surface area contributed by atoms with Gasteiger partial charge < -0.3 is 15.6 Å². The number of hydrogen-bond acceptors (Lipinski definition) is 2. The Balaban J connectivity index is 1.64. The average molecular weight is 364 g/mol. The Hall–Kier alpha value is -3.28. The Morgan fingerprint density at radius 3 is 2.52 bits per heavy atom. The van der Waals surface area contributed by atoms with Crippen LogP contribution in [-0.4, -0.2) is 21.6 Å². The second-order valence-corrected chi connectivity index (χ2v) is 6.61. The number of carbonyl (C=O) groups is 1. The monoisotopic (exact) mass is 364 g/mol. The summed E-state index contributed by atoms with van der Waals surface area (Å²) in [5.74, 6) is 0. The number of nitrogens with one attached hydrogen (secondary N) is 3. The van der Waals surface area contributed by atoms with Gasteiger partial charge in [0.15, 0.2) is 0 Å². The van der Waals surface area contributed by atoms with Gasteiger partial charge in [0.2, 0.25) is 0 Å². The number of nitrogens with zero attached hydrogens (tertiary/aromatic N) is 1. The lowest BCUT2D eigenvalue weighted by Crippen LogP contribution is -2.36. The predicted octanol–water partition coefficient (Wildman–Crippen LogP) is 3.62. The van der Waals surface area contributed by atoms with Crippen molar-refractivity contribution >= 4 is 11.7 Å². The number of H-pyrrole nitrogens is 1. The number of amides is 2. The number of anilines is 1. The molecule has 1 heterocycles. The average Bonchev–Trinajstić information content (AvgIpc) is 3.00. The molecule has 0 saturated carbocycles. The van der Waals surface area contributed by atoms with Crippen LogP contribution in [0.4, 0.5) is 10.5 Å². The largest absolute Gasteiger partial charge is 0.335 e. The molecule has 0 radical (unpaired) electrons. The predicted molar refractivity (Wildman–Crippen MR) is 108 cm³/mol. The van der Waals surface area contributed by atoms with Gasteiger partial charge in [0.1, 0.15) is 0 Å². The van der Waals surface area contributed by atoms with E-state index in [1.54, 1.807) is 18.3 Å². The normalized spacial score (nSPS) is 11.8. The first-order valence-electron chi connectivity index (χ1n) is 9.02. The summed E-state index contributed by atoms with van der Waals surface area (Å²) < 4.78 is 1.54. The molecule has 0 aliphatic carbocycles. The van der Waals surface area contributed by atoms with Gasteiger partial charge >= 0.3 is 11.7 Å². The Labute approximate surface area is 158 Å². The fraction of sp³-hybridized carbons (Fsp3) is 0.238. The van der Waals surface area contributed by atoms with Gasteiger partial charge in [-0.1, -0.05) is 42.5 Å². The van der Waals surface area contributed by atoms with Gasteiger partial charge in [0, 0.05) is 17.9 Å². The van der Waals surface area contributed by atoms with Crippen LogP contribution in [0.15, 0.2) is 65.6 Å². The number of urea groups is 1. The van der Waals surface area contributed by atoms with E-state index in [1.165, 1.54) is 10.1 Å². The minimum absolute atomic E-state index is 0.0223. The first-order chi connectivity index (χ1) is 13.0. The maximum atomic E-state index is 12.4. The molecule has 140 valence electrons. The molecule has 1 aromatic heterocycles. The van der Waals surface area contributed by atoms with Crippen molar-refractivity contribution in [1.82, 2.24) is 14.9 Å². The van der Waals surface area contributed by atoms with E-state index in [-0.39, 0.29) is 17.8 Å². The Morgan fingerprint density at radius 2 is 1.81 bits per heavy atom. The number of imidazole rings is 1. The lowest BCUT2D eigenvalue weighted by atomic mass is 10.1. The molecule has 0 fully saturated rings. The highest BCUT2D eigenvalue weighted by Gasteiger charge is 2.13. The second-order valence-electron chi connectivity index (χ2n) is 6.61. The SMILES string of the molecule is Cc1c[nH]c(=O)n1-c1ccccc1NC(=O)NC(C)CCc1ccccc1. The zero-order valence-corrected chi connectivity index (χ0v) is 15.5. The molecule has 0 bridgehead atoms. The first-order valence-corrected chi connectivity index (χ1v) is 9.02. The molecule has 2 amide bonds. The molecule has 0 spiro atoms. The molecule has 2 aromatic carbocycles. The van der Waals surface area contributed by atoms with E-state index >= 15 is 0 Å².